The number of rotatable bonds is 18. The maximum absolute atomic E-state index is 12.4. The number of nitrogens with one attached hydrogen (secondary N) is 3. The third kappa shape index (κ3) is 10.1. The van der Waals surface area contributed by atoms with Gasteiger partial charge >= 0.3 is 11.9 Å². The van der Waals surface area contributed by atoms with Gasteiger partial charge in [-0.2, -0.15) is 0 Å². The van der Waals surface area contributed by atoms with Gasteiger partial charge in [0, 0.05) is 47.0 Å². The normalized spacial score (nSPS) is 12.5. The van der Waals surface area contributed by atoms with E-state index in [1.165, 1.54) is 22.5 Å². The quantitative estimate of drug-likeness (QED) is 0.0650. The van der Waals surface area contributed by atoms with Crippen molar-refractivity contribution in [2.24, 2.45) is 0 Å². The van der Waals surface area contributed by atoms with Gasteiger partial charge in [-0.1, -0.05) is 74.5 Å². The number of hydrogen-bond acceptors (Lipinski definition) is 6. The molecule has 3 heterocycles. The van der Waals surface area contributed by atoms with Gasteiger partial charge in [0.1, 0.15) is 13.2 Å². The highest BCUT2D eigenvalue weighted by Crippen LogP contribution is 2.27. The SMILES string of the molecule is CCc1c(Cc2cc(C)c(CCC(O)C(=O)OCc3ccccc3)[nH]2)[nH]c(Cc2cc(C)c(CCC(O)C(=O)OCc3ccccc3)[nH]2)c1CC. The average molecular weight is 694 g/mol. The van der Waals surface area contributed by atoms with Crippen LogP contribution in [-0.2, 0) is 70.8 Å². The smallest absolute Gasteiger partial charge is 0.335 e. The predicted octanol–water partition coefficient (Wildman–Crippen LogP) is 6.67. The molecule has 0 bridgehead atoms. The lowest BCUT2D eigenvalue weighted by molar-refractivity contribution is -0.155. The molecule has 0 radical (unpaired) electrons. The second-order valence-corrected chi connectivity index (χ2v) is 13.3. The number of aliphatic hydroxyl groups is 2. The number of H-pyrrole nitrogens is 3. The number of carbonyl (C=O) groups is 2. The van der Waals surface area contributed by atoms with Crippen LogP contribution < -0.4 is 0 Å². The molecule has 2 unspecified atom stereocenters. The first-order valence-corrected chi connectivity index (χ1v) is 18.0. The summed E-state index contributed by atoms with van der Waals surface area (Å²) in [4.78, 5) is 35.6. The maximum atomic E-state index is 12.4. The zero-order valence-electron chi connectivity index (χ0n) is 30.2. The van der Waals surface area contributed by atoms with E-state index < -0.39 is 24.1 Å². The van der Waals surface area contributed by atoms with Crippen molar-refractivity contribution in [1.29, 1.82) is 0 Å². The van der Waals surface area contributed by atoms with Crippen LogP contribution in [0.15, 0.2) is 72.8 Å². The highest BCUT2D eigenvalue weighted by Gasteiger charge is 2.21. The standard InChI is InChI=1S/C42H51N3O6/c1-5-33-34(6-2)38(24-32-22-28(4)36(44-32)18-20-40(47)42(49)51-26-30-15-11-8-12-16-30)45-37(33)23-31-21-27(3)35(43-31)17-19-39(46)41(48)50-25-29-13-9-7-10-14-29/h7-16,21-22,39-40,43-47H,5-6,17-20,23-26H2,1-4H3. The molecule has 9 heteroatoms. The Morgan fingerprint density at radius 3 is 1.37 bits per heavy atom. The van der Waals surface area contributed by atoms with Gasteiger partial charge in [-0.25, -0.2) is 9.59 Å². The van der Waals surface area contributed by atoms with Crippen molar-refractivity contribution >= 4 is 11.9 Å². The van der Waals surface area contributed by atoms with Crippen LogP contribution in [0.3, 0.4) is 0 Å². The summed E-state index contributed by atoms with van der Waals surface area (Å²) in [5, 5.41) is 20.9. The van der Waals surface area contributed by atoms with Crippen molar-refractivity contribution in [3.8, 4) is 0 Å². The Morgan fingerprint density at radius 2 is 1.00 bits per heavy atom. The van der Waals surface area contributed by atoms with Crippen molar-refractivity contribution in [3.63, 3.8) is 0 Å². The van der Waals surface area contributed by atoms with E-state index in [4.69, 9.17) is 9.47 Å². The summed E-state index contributed by atoms with van der Waals surface area (Å²) in [5.74, 6) is -1.22. The molecule has 0 aliphatic rings. The second kappa shape index (κ2) is 17.9. The monoisotopic (exact) mass is 693 g/mol. The predicted molar refractivity (Wildman–Crippen MR) is 197 cm³/mol. The van der Waals surface area contributed by atoms with E-state index >= 15 is 0 Å². The molecule has 0 amide bonds. The summed E-state index contributed by atoms with van der Waals surface area (Å²) in [7, 11) is 0. The molecular weight excluding hydrogens is 642 g/mol. The van der Waals surface area contributed by atoms with E-state index in [0.717, 1.165) is 57.9 Å². The van der Waals surface area contributed by atoms with Gasteiger partial charge in [-0.15, -0.1) is 0 Å². The summed E-state index contributed by atoms with van der Waals surface area (Å²) < 4.78 is 10.6. The summed E-state index contributed by atoms with van der Waals surface area (Å²) in [6, 6.07) is 23.2. The third-order valence-corrected chi connectivity index (χ3v) is 9.52. The molecule has 51 heavy (non-hydrogen) atoms. The number of esters is 2. The minimum absolute atomic E-state index is 0.142. The highest BCUT2D eigenvalue weighted by atomic mass is 16.6. The number of aromatic amines is 3. The molecule has 2 aromatic carbocycles. The Balaban J connectivity index is 1.17. The van der Waals surface area contributed by atoms with E-state index in [1.807, 2.05) is 74.5 Å². The summed E-state index contributed by atoms with van der Waals surface area (Å²) >= 11 is 0. The Labute approximate surface area is 300 Å². The summed E-state index contributed by atoms with van der Waals surface area (Å²) in [6.07, 6.45) is 2.49. The average Bonchev–Trinajstić information content (AvgIpc) is 3.80. The summed E-state index contributed by atoms with van der Waals surface area (Å²) in [5.41, 5.74) is 13.1. The van der Waals surface area contributed by atoms with E-state index in [0.29, 0.717) is 25.7 Å². The van der Waals surface area contributed by atoms with Crippen molar-refractivity contribution in [1.82, 2.24) is 15.0 Å². The summed E-state index contributed by atoms with van der Waals surface area (Å²) in [6.45, 7) is 8.75. The minimum atomic E-state index is -1.19. The van der Waals surface area contributed by atoms with Crippen molar-refractivity contribution in [2.75, 3.05) is 0 Å². The minimum Gasteiger partial charge on any atom is -0.459 e. The number of aliphatic hydroxyl groups excluding tert-OH is 2. The largest absolute Gasteiger partial charge is 0.459 e. The van der Waals surface area contributed by atoms with Crippen LogP contribution in [0.1, 0.15) is 94.2 Å². The van der Waals surface area contributed by atoms with Crippen LogP contribution in [-0.4, -0.2) is 49.3 Å². The maximum Gasteiger partial charge on any atom is 0.335 e. The zero-order chi connectivity index (χ0) is 36.3. The van der Waals surface area contributed by atoms with Crippen LogP contribution in [0, 0.1) is 13.8 Å². The molecule has 270 valence electrons. The first kappa shape index (κ1) is 37.4. The number of ether oxygens (including phenoxy) is 2. The molecule has 5 rings (SSSR count). The molecular formula is C42H51N3O6. The van der Waals surface area contributed by atoms with Gasteiger partial charge in [0.25, 0.3) is 0 Å². The second-order valence-electron chi connectivity index (χ2n) is 13.3. The Morgan fingerprint density at radius 1 is 0.608 bits per heavy atom. The molecule has 0 aliphatic carbocycles. The molecule has 9 nitrogen and oxygen atoms in total. The van der Waals surface area contributed by atoms with E-state index in [9.17, 15) is 19.8 Å². The highest BCUT2D eigenvalue weighted by molar-refractivity contribution is 5.74. The van der Waals surface area contributed by atoms with Crippen molar-refractivity contribution < 1.29 is 29.3 Å². The van der Waals surface area contributed by atoms with Gasteiger partial charge < -0.3 is 34.6 Å². The van der Waals surface area contributed by atoms with Crippen molar-refractivity contribution in [2.45, 2.75) is 104 Å². The number of aryl methyl sites for hydroxylation is 4. The molecule has 0 spiro atoms. The Bertz CT molecular complexity index is 1740. The van der Waals surface area contributed by atoms with Crippen LogP contribution in [0.4, 0.5) is 0 Å². The fourth-order valence-electron chi connectivity index (χ4n) is 6.74. The number of carbonyl (C=O) groups excluding carboxylic acids is 2. The van der Waals surface area contributed by atoms with Gasteiger partial charge in [0.05, 0.1) is 0 Å². The zero-order valence-corrected chi connectivity index (χ0v) is 30.2. The molecule has 5 aromatic rings. The number of hydrogen-bond donors (Lipinski definition) is 5. The lowest BCUT2D eigenvalue weighted by atomic mass is 10.0. The molecule has 2 atom stereocenters. The van der Waals surface area contributed by atoms with Crippen molar-refractivity contribution in [3.05, 3.63) is 140 Å². The van der Waals surface area contributed by atoms with E-state index in [1.54, 1.807) is 0 Å². The first-order valence-electron chi connectivity index (χ1n) is 18.0. The van der Waals surface area contributed by atoms with Gasteiger partial charge in [0.15, 0.2) is 12.2 Å². The van der Waals surface area contributed by atoms with E-state index in [-0.39, 0.29) is 26.1 Å². The van der Waals surface area contributed by atoms with Crippen LogP contribution in [0.5, 0.6) is 0 Å². The molecule has 0 fully saturated rings. The van der Waals surface area contributed by atoms with Gasteiger partial charge in [-0.05, 0) is 97.9 Å². The molecule has 3 aromatic heterocycles. The van der Waals surface area contributed by atoms with Crippen LogP contribution >= 0.6 is 0 Å². The van der Waals surface area contributed by atoms with E-state index in [2.05, 4.69) is 40.9 Å². The Kier molecular flexibility index (Phi) is 13.1. The molecule has 0 aliphatic heterocycles. The lowest BCUT2D eigenvalue weighted by Crippen LogP contribution is -2.23. The number of aromatic nitrogens is 3. The molecule has 0 saturated heterocycles. The third-order valence-electron chi connectivity index (χ3n) is 9.52. The fourth-order valence-corrected chi connectivity index (χ4v) is 6.74. The molecule has 0 saturated carbocycles. The number of benzene rings is 2. The first-order chi connectivity index (χ1) is 24.6. The van der Waals surface area contributed by atoms with Gasteiger partial charge in [-0.3, -0.25) is 0 Å². The molecule has 5 N–H and O–H groups in total. The van der Waals surface area contributed by atoms with Crippen LogP contribution in [0.2, 0.25) is 0 Å². The Hall–Kier alpha value is -4.86. The fraction of sp³-hybridized carbons (Fsp3) is 0.381. The lowest BCUT2D eigenvalue weighted by Gasteiger charge is -2.11. The van der Waals surface area contributed by atoms with Crippen LogP contribution in [0.25, 0.3) is 0 Å². The topological polar surface area (TPSA) is 140 Å². The van der Waals surface area contributed by atoms with Gasteiger partial charge in [0.2, 0.25) is 0 Å².